The van der Waals surface area contributed by atoms with E-state index >= 15 is 0 Å². The Morgan fingerprint density at radius 3 is 2.83 bits per heavy atom. The number of carbonyl (C=O) groups is 1. The van der Waals surface area contributed by atoms with Crippen LogP contribution in [0.2, 0.25) is 0 Å². The second kappa shape index (κ2) is 7.90. The van der Waals surface area contributed by atoms with Gasteiger partial charge in [0, 0.05) is 56.7 Å². The number of allylic oxidation sites excluding steroid dienone is 2. The Bertz CT molecular complexity index is 886. The molecule has 1 aliphatic carbocycles. The van der Waals surface area contributed by atoms with E-state index in [1.165, 1.54) is 0 Å². The van der Waals surface area contributed by atoms with Gasteiger partial charge in [0.2, 0.25) is 0 Å². The van der Waals surface area contributed by atoms with Crippen LogP contribution < -0.4 is 4.90 Å². The zero-order valence-electron chi connectivity index (χ0n) is 17.3. The number of anilines is 1. The van der Waals surface area contributed by atoms with Crippen LogP contribution in [0.3, 0.4) is 0 Å². The molecule has 2 fully saturated rings. The largest absolute Gasteiger partial charge is 0.369 e. The number of nitrogens with zero attached hydrogens (tertiary/aromatic N) is 5. The number of aromatic nitrogens is 1. The molecule has 6 nitrogen and oxygen atoms in total. The summed E-state index contributed by atoms with van der Waals surface area (Å²) in [6, 6.07) is 4.68. The van der Waals surface area contributed by atoms with E-state index in [2.05, 4.69) is 54.7 Å². The number of urea groups is 1. The van der Waals surface area contributed by atoms with E-state index in [9.17, 15) is 4.79 Å². The number of hydrogen-bond donors (Lipinski definition) is 0. The number of carbonyl (C=O) groups excluding carboxylic acids is 1. The maximum absolute atomic E-state index is 13.0. The highest BCUT2D eigenvalue weighted by molar-refractivity contribution is 5.82. The first kappa shape index (κ1) is 19.5. The topological polar surface area (TPSA) is 63.5 Å². The van der Waals surface area contributed by atoms with Gasteiger partial charge >= 0.3 is 6.03 Å². The van der Waals surface area contributed by atoms with E-state index in [0.29, 0.717) is 25.6 Å². The lowest BCUT2D eigenvalue weighted by atomic mass is 9.90. The Morgan fingerprint density at radius 1 is 1.31 bits per heavy atom. The van der Waals surface area contributed by atoms with E-state index in [-0.39, 0.29) is 18.0 Å². The van der Waals surface area contributed by atoms with Crippen molar-refractivity contribution in [2.45, 2.75) is 32.2 Å². The van der Waals surface area contributed by atoms with Gasteiger partial charge in [0.15, 0.2) is 0 Å². The minimum absolute atomic E-state index is 0.0237. The molecule has 2 unspecified atom stereocenters. The second-order valence-corrected chi connectivity index (χ2v) is 8.54. The van der Waals surface area contributed by atoms with E-state index in [0.717, 1.165) is 48.3 Å². The summed E-state index contributed by atoms with van der Waals surface area (Å²) in [6.07, 6.45) is 8.75. The SMILES string of the molecule is C=C1CC=Cc2c(N(C)C3CN(C(=O)N4CC[C@H](C#N)C4)CCC3C)ccnc21. The average molecular weight is 392 g/mol. The molecule has 0 radical (unpaired) electrons. The van der Waals surface area contributed by atoms with Crippen molar-refractivity contribution < 1.29 is 4.79 Å². The van der Waals surface area contributed by atoms with Gasteiger partial charge in [-0.2, -0.15) is 5.26 Å². The number of amides is 2. The molecule has 0 aromatic carbocycles. The van der Waals surface area contributed by atoms with Gasteiger partial charge in [-0.1, -0.05) is 25.7 Å². The van der Waals surface area contributed by atoms with Crippen LogP contribution in [0.25, 0.3) is 11.6 Å². The first-order valence-corrected chi connectivity index (χ1v) is 10.5. The highest BCUT2D eigenvalue weighted by atomic mass is 16.2. The van der Waals surface area contributed by atoms with Crippen LogP contribution in [0.4, 0.5) is 10.5 Å². The number of pyridine rings is 1. The summed E-state index contributed by atoms with van der Waals surface area (Å²) in [5.74, 6) is 0.457. The standard InChI is InChI=1S/C23H29N5O/c1-16-8-11-28(23(29)27-12-9-18(13-24)14-27)15-21(16)26(3)20-7-10-25-22-17(2)5-4-6-19(20)22/h4,6-7,10,16,18,21H,2,5,8-9,11-12,14-15H2,1,3H3/t16?,18-,21?/m1/s1. The lowest BCUT2D eigenvalue weighted by Crippen LogP contribution is -2.55. The Kier molecular flexibility index (Phi) is 5.31. The van der Waals surface area contributed by atoms with Crippen molar-refractivity contribution in [3.05, 3.63) is 36.2 Å². The maximum atomic E-state index is 13.0. The number of likely N-dealkylation sites (N-methyl/N-ethyl adjacent to an activating group) is 1. The Balaban J connectivity index is 1.53. The highest BCUT2D eigenvalue weighted by Crippen LogP contribution is 2.35. The quantitative estimate of drug-likeness (QED) is 0.772. The molecule has 2 amide bonds. The van der Waals surface area contributed by atoms with Crippen LogP contribution >= 0.6 is 0 Å². The molecule has 2 aliphatic heterocycles. The summed E-state index contributed by atoms with van der Waals surface area (Å²) >= 11 is 0. The highest BCUT2D eigenvalue weighted by Gasteiger charge is 2.36. The molecule has 3 atom stereocenters. The molecule has 0 saturated carbocycles. The molecule has 3 heterocycles. The molecular formula is C23H29N5O. The van der Waals surface area contributed by atoms with Gasteiger partial charge in [0.05, 0.1) is 17.7 Å². The molecule has 6 heteroatoms. The van der Waals surface area contributed by atoms with Crippen LogP contribution in [0.5, 0.6) is 0 Å². The monoisotopic (exact) mass is 391 g/mol. The van der Waals surface area contributed by atoms with Crippen LogP contribution in [-0.2, 0) is 0 Å². The van der Waals surface area contributed by atoms with E-state index in [4.69, 9.17) is 5.26 Å². The molecular weight excluding hydrogens is 362 g/mol. The van der Waals surface area contributed by atoms with Crippen molar-refractivity contribution in [3.8, 4) is 6.07 Å². The van der Waals surface area contributed by atoms with Gasteiger partial charge in [-0.25, -0.2) is 4.79 Å². The maximum Gasteiger partial charge on any atom is 0.320 e. The fraction of sp³-hybridized carbons (Fsp3) is 0.522. The fourth-order valence-corrected chi connectivity index (χ4v) is 4.78. The number of likely N-dealkylation sites (tertiary alicyclic amines) is 2. The summed E-state index contributed by atoms with van der Waals surface area (Å²) in [4.78, 5) is 23.7. The van der Waals surface area contributed by atoms with Crippen LogP contribution in [0.1, 0.15) is 37.4 Å². The third-order valence-electron chi connectivity index (χ3n) is 6.66. The van der Waals surface area contributed by atoms with Crippen molar-refractivity contribution in [2.24, 2.45) is 11.8 Å². The summed E-state index contributed by atoms with van der Waals surface area (Å²) in [5, 5.41) is 9.14. The van der Waals surface area contributed by atoms with Gasteiger partial charge in [-0.3, -0.25) is 4.98 Å². The zero-order valence-corrected chi connectivity index (χ0v) is 17.3. The normalized spacial score (nSPS) is 26.2. The van der Waals surface area contributed by atoms with Gasteiger partial charge in [0.1, 0.15) is 0 Å². The molecule has 152 valence electrons. The first-order valence-electron chi connectivity index (χ1n) is 10.5. The minimum atomic E-state index is -0.0237. The second-order valence-electron chi connectivity index (χ2n) is 8.54. The summed E-state index contributed by atoms with van der Waals surface area (Å²) < 4.78 is 0. The van der Waals surface area contributed by atoms with Crippen molar-refractivity contribution in [1.29, 1.82) is 5.26 Å². The fourth-order valence-electron chi connectivity index (χ4n) is 4.78. The molecule has 0 bridgehead atoms. The lowest BCUT2D eigenvalue weighted by molar-refractivity contribution is 0.132. The van der Waals surface area contributed by atoms with Crippen molar-refractivity contribution in [3.63, 3.8) is 0 Å². The van der Waals surface area contributed by atoms with Gasteiger partial charge in [-0.05, 0) is 36.8 Å². The van der Waals surface area contributed by atoms with Crippen LogP contribution in [0.15, 0.2) is 24.9 Å². The molecule has 2 saturated heterocycles. The Morgan fingerprint density at radius 2 is 2.07 bits per heavy atom. The van der Waals surface area contributed by atoms with Crippen molar-refractivity contribution >= 4 is 23.4 Å². The lowest BCUT2D eigenvalue weighted by Gasteiger charge is -2.44. The van der Waals surface area contributed by atoms with Crippen molar-refractivity contribution in [1.82, 2.24) is 14.8 Å². The predicted octanol–water partition coefficient (Wildman–Crippen LogP) is 3.62. The third-order valence-corrected chi connectivity index (χ3v) is 6.66. The average Bonchev–Trinajstić information content (AvgIpc) is 3.22. The molecule has 4 rings (SSSR count). The predicted molar refractivity (Wildman–Crippen MR) is 115 cm³/mol. The summed E-state index contributed by atoms with van der Waals surface area (Å²) in [5.41, 5.74) is 4.29. The molecule has 1 aromatic rings. The number of rotatable bonds is 2. The van der Waals surface area contributed by atoms with Gasteiger partial charge in [-0.15, -0.1) is 0 Å². The Hall–Kier alpha value is -2.81. The van der Waals surface area contributed by atoms with E-state index in [1.54, 1.807) is 0 Å². The number of hydrogen-bond acceptors (Lipinski definition) is 4. The minimum Gasteiger partial charge on any atom is -0.369 e. The summed E-state index contributed by atoms with van der Waals surface area (Å²) in [6.45, 7) is 9.17. The molecule has 0 N–H and O–H groups in total. The number of nitriles is 1. The third kappa shape index (κ3) is 3.62. The first-order chi connectivity index (χ1) is 14.0. The number of piperidine rings is 1. The van der Waals surface area contributed by atoms with Crippen LogP contribution in [0, 0.1) is 23.2 Å². The summed E-state index contributed by atoms with van der Waals surface area (Å²) in [7, 11) is 2.12. The van der Waals surface area contributed by atoms with Crippen molar-refractivity contribution in [2.75, 3.05) is 38.1 Å². The Labute approximate surface area is 173 Å². The van der Waals surface area contributed by atoms with Crippen LogP contribution in [-0.4, -0.2) is 60.1 Å². The zero-order chi connectivity index (χ0) is 20.5. The van der Waals surface area contributed by atoms with Gasteiger partial charge in [0.25, 0.3) is 0 Å². The smallest absolute Gasteiger partial charge is 0.320 e. The van der Waals surface area contributed by atoms with Gasteiger partial charge < -0.3 is 14.7 Å². The van der Waals surface area contributed by atoms with E-state index < -0.39 is 0 Å². The molecule has 29 heavy (non-hydrogen) atoms. The van der Waals surface area contributed by atoms with E-state index in [1.807, 2.05) is 16.0 Å². The molecule has 1 aromatic heterocycles. The molecule has 0 spiro atoms. The number of fused-ring (bicyclic) bond motifs is 1. The molecule has 3 aliphatic rings.